The molecule has 0 aliphatic heterocycles. The number of hydrogen-bond donors (Lipinski definition) is 3. The Labute approximate surface area is 121 Å². The normalized spacial score (nSPS) is 11.7. The van der Waals surface area contributed by atoms with Crippen LogP contribution in [0.2, 0.25) is 0 Å². The molecule has 0 bridgehead atoms. The van der Waals surface area contributed by atoms with Gasteiger partial charge in [0.25, 0.3) is 0 Å². The molecule has 1 atom stereocenters. The van der Waals surface area contributed by atoms with Gasteiger partial charge in [0, 0.05) is 32.9 Å². The van der Waals surface area contributed by atoms with Crippen molar-refractivity contribution in [3.05, 3.63) is 18.2 Å². The van der Waals surface area contributed by atoms with E-state index in [2.05, 4.69) is 10.3 Å². The molecule has 0 aliphatic carbocycles. The summed E-state index contributed by atoms with van der Waals surface area (Å²) in [6.45, 7) is 0.209. The molecule has 1 heterocycles. The van der Waals surface area contributed by atoms with Crippen LogP contribution >= 0.6 is 0 Å². The molecule has 0 saturated carbocycles. The highest BCUT2D eigenvalue weighted by molar-refractivity contribution is 5.82. The fourth-order valence-electron chi connectivity index (χ4n) is 1.62. The average molecular weight is 298 g/mol. The Kier molecular flexibility index (Phi) is 5.70. The predicted molar refractivity (Wildman–Crippen MR) is 71.5 cm³/mol. The number of rotatable bonds is 7. The van der Waals surface area contributed by atoms with Crippen molar-refractivity contribution in [3.63, 3.8) is 0 Å². The smallest absolute Gasteiger partial charge is 0.326 e. The molecule has 0 aromatic carbocycles. The summed E-state index contributed by atoms with van der Waals surface area (Å²) in [5, 5.41) is 19.8. The third-order valence-electron chi connectivity index (χ3n) is 2.89. The number of aryl methyl sites for hydroxylation is 1. The van der Waals surface area contributed by atoms with E-state index in [0.717, 1.165) is 0 Å². The van der Waals surface area contributed by atoms with Crippen molar-refractivity contribution in [2.45, 2.75) is 25.4 Å². The first-order valence-corrected chi connectivity index (χ1v) is 6.23. The summed E-state index contributed by atoms with van der Waals surface area (Å²) < 4.78 is 1.74. The molecular weight excluding hydrogens is 280 g/mol. The molecule has 21 heavy (non-hydrogen) atoms. The van der Waals surface area contributed by atoms with Crippen LogP contribution in [0.1, 0.15) is 18.7 Å². The van der Waals surface area contributed by atoms with Crippen LogP contribution in [0.15, 0.2) is 12.4 Å². The Balaban J connectivity index is 2.58. The summed E-state index contributed by atoms with van der Waals surface area (Å²) in [5.41, 5.74) is 0. The number of nitrogens with one attached hydrogen (secondary N) is 1. The van der Waals surface area contributed by atoms with E-state index >= 15 is 0 Å². The number of imidazole rings is 1. The predicted octanol–water partition coefficient (Wildman–Crippen LogP) is -0.120. The minimum absolute atomic E-state index is 0.174. The van der Waals surface area contributed by atoms with Crippen molar-refractivity contribution in [3.8, 4) is 0 Å². The third-order valence-corrected chi connectivity index (χ3v) is 2.89. The van der Waals surface area contributed by atoms with E-state index < -0.39 is 24.0 Å². The maximum atomic E-state index is 11.9. The van der Waals surface area contributed by atoms with E-state index in [1.165, 1.54) is 11.9 Å². The van der Waals surface area contributed by atoms with Crippen LogP contribution in [0, 0.1) is 0 Å². The van der Waals surface area contributed by atoms with Gasteiger partial charge in [0.05, 0.1) is 6.54 Å². The molecule has 0 unspecified atom stereocenters. The lowest BCUT2D eigenvalue weighted by atomic mass is 10.1. The van der Waals surface area contributed by atoms with Crippen LogP contribution in [0.25, 0.3) is 0 Å². The molecule has 0 aliphatic rings. The highest BCUT2D eigenvalue weighted by Gasteiger charge is 2.23. The van der Waals surface area contributed by atoms with E-state index in [0.29, 0.717) is 5.82 Å². The number of urea groups is 1. The van der Waals surface area contributed by atoms with Crippen LogP contribution < -0.4 is 5.32 Å². The summed E-state index contributed by atoms with van der Waals surface area (Å²) in [4.78, 5) is 38.7. The number of aliphatic carboxylic acids is 2. The van der Waals surface area contributed by atoms with Gasteiger partial charge in [-0.25, -0.2) is 14.6 Å². The van der Waals surface area contributed by atoms with E-state index in [4.69, 9.17) is 10.2 Å². The second-order valence-corrected chi connectivity index (χ2v) is 4.58. The maximum Gasteiger partial charge on any atom is 0.326 e. The quantitative estimate of drug-likeness (QED) is 0.644. The zero-order valence-electron chi connectivity index (χ0n) is 11.8. The lowest BCUT2D eigenvalue weighted by Crippen LogP contribution is -2.46. The van der Waals surface area contributed by atoms with Gasteiger partial charge in [-0.2, -0.15) is 0 Å². The van der Waals surface area contributed by atoms with Gasteiger partial charge in [-0.05, 0) is 6.42 Å². The molecule has 0 radical (unpaired) electrons. The summed E-state index contributed by atoms with van der Waals surface area (Å²) in [5.74, 6) is -1.74. The van der Waals surface area contributed by atoms with Crippen molar-refractivity contribution in [1.82, 2.24) is 19.8 Å². The van der Waals surface area contributed by atoms with Gasteiger partial charge in [-0.15, -0.1) is 0 Å². The third kappa shape index (κ3) is 5.13. The van der Waals surface area contributed by atoms with Gasteiger partial charge in [0.15, 0.2) is 0 Å². The Morgan fingerprint density at radius 3 is 2.57 bits per heavy atom. The summed E-state index contributed by atoms with van der Waals surface area (Å²) >= 11 is 0. The van der Waals surface area contributed by atoms with E-state index in [1.807, 2.05) is 0 Å². The minimum Gasteiger partial charge on any atom is -0.481 e. The van der Waals surface area contributed by atoms with Gasteiger partial charge in [0.2, 0.25) is 0 Å². The number of carbonyl (C=O) groups is 3. The Morgan fingerprint density at radius 1 is 1.43 bits per heavy atom. The number of amides is 2. The van der Waals surface area contributed by atoms with E-state index in [-0.39, 0.29) is 19.4 Å². The first-order valence-electron chi connectivity index (χ1n) is 6.23. The first-order chi connectivity index (χ1) is 9.81. The van der Waals surface area contributed by atoms with Crippen LogP contribution in [0.4, 0.5) is 4.79 Å². The zero-order chi connectivity index (χ0) is 16.0. The Bertz CT molecular complexity index is 527. The second kappa shape index (κ2) is 7.27. The first kappa shape index (κ1) is 16.5. The second-order valence-electron chi connectivity index (χ2n) is 4.58. The van der Waals surface area contributed by atoms with E-state index in [9.17, 15) is 14.4 Å². The standard InChI is InChI=1S/C12H18N4O5/c1-15-6-5-13-9(15)7-16(2)12(21)14-8(11(19)20)3-4-10(17)18/h5-6,8H,3-4,7H2,1-2H3,(H,14,21)(H,17,18)(H,19,20)/t8-/m0/s1. The number of aromatic nitrogens is 2. The van der Waals surface area contributed by atoms with Crippen LogP contribution in [0.5, 0.6) is 0 Å². The van der Waals surface area contributed by atoms with E-state index in [1.54, 1.807) is 24.0 Å². The number of carboxylic acids is 2. The maximum absolute atomic E-state index is 11.9. The van der Waals surface area contributed by atoms with Crippen molar-refractivity contribution >= 4 is 18.0 Å². The molecule has 116 valence electrons. The van der Waals surface area contributed by atoms with Crippen LogP contribution in [-0.4, -0.2) is 55.7 Å². The van der Waals surface area contributed by atoms with Crippen LogP contribution in [0.3, 0.4) is 0 Å². The van der Waals surface area contributed by atoms with Crippen LogP contribution in [-0.2, 0) is 23.2 Å². The molecule has 1 aromatic rings. The monoisotopic (exact) mass is 298 g/mol. The topological polar surface area (TPSA) is 125 Å². The number of carboxylic acid groups (broad SMARTS) is 2. The van der Waals surface area contributed by atoms with Gasteiger partial charge < -0.3 is 25.0 Å². The molecular formula is C12H18N4O5. The molecule has 9 nitrogen and oxygen atoms in total. The molecule has 0 fully saturated rings. The molecule has 3 N–H and O–H groups in total. The molecule has 1 aromatic heterocycles. The number of carbonyl (C=O) groups excluding carboxylic acids is 1. The molecule has 9 heteroatoms. The summed E-state index contributed by atoms with van der Waals surface area (Å²) in [7, 11) is 3.28. The molecule has 2 amide bonds. The van der Waals surface area contributed by atoms with Gasteiger partial charge in [-0.1, -0.05) is 0 Å². The van der Waals surface area contributed by atoms with Crippen molar-refractivity contribution in [1.29, 1.82) is 0 Å². The highest BCUT2D eigenvalue weighted by atomic mass is 16.4. The lowest BCUT2D eigenvalue weighted by Gasteiger charge is -2.20. The summed E-state index contributed by atoms with van der Waals surface area (Å²) in [6, 6.07) is -1.84. The number of hydrogen-bond acceptors (Lipinski definition) is 4. The fraction of sp³-hybridized carbons (Fsp3) is 0.500. The van der Waals surface area contributed by atoms with Gasteiger partial charge in [-0.3, -0.25) is 4.79 Å². The molecule has 0 spiro atoms. The minimum atomic E-state index is -1.27. The Morgan fingerprint density at radius 2 is 2.10 bits per heavy atom. The molecule has 1 rings (SSSR count). The fourth-order valence-corrected chi connectivity index (χ4v) is 1.62. The zero-order valence-corrected chi connectivity index (χ0v) is 11.8. The van der Waals surface area contributed by atoms with Crippen molar-refractivity contribution in [2.24, 2.45) is 7.05 Å². The SMILES string of the molecule is CN(Cc1nccn1C)C(=O)N[C@@H](CCC(=O)O)C(=O)O. The largest absolute Gasteiger partial charge is 0.481 e. The summed E-state index contributed by atoms with van der Waals surface area (Å²) in [6.07, 6.45) is 2.81. The van der Waals surface area contributed by atoms with Gasteiger partial charge >= 0.3 is 18.0 Å². The molecule has 0 saturated heterocycles. The highest BCUT2D eigenvalue weighted by Crippen LogP contribution is 2.02. The average Bonchev–Trinajstić information content (AvgIpc) is 2.79. The number of nitrogens with zero attached hydrogens (tertiary/aromatic N) is 3. The van der Waals surface area contributed by atoms with Crippen molar-refractivity contribution in [2.75, 3.05) is 7.05 Å². The lowest BCUT2D eigenvalue weighted by molar-refractivity contribution is -0.140. The van der Waals surface area contributed by atoms with Crippen molar-refractivity contribution < 1.29 is 24.6 Å². The Hall–Kier alpha value is -2.58. The van der Waals surface area contributed by atoms with Gasteiger partial charge in [0.1, 0.15) is 11.9 Å².